The van der Waals surface area contributed by atoms with Gasteiger partial charge in [-0.2, -0.15) is 0 Å². The molecule has 1 fully saturated rings. The van der Waals surface area contributed by atoms with E-state index in [4.69, 9.17) is 4.74 Å². The molecule has 0 aliphatic heterocycles. The Morgan fingerprint density at radius 1 is 1.03 bits per heavy atom. The second-order valence-corrected chi connectivity index (χ2v) is 10.5. The number of amides is 2. The molecule has 4 rings (SSSR count). The summed E-state index contributed by atoms with van der Waals surface area (Å²) in [5.74, 6) is -1.62. The summed E-state index contributed by atoms with van der Waals surface area (Å²) in [6.45, 7) is 6.03. The van der Waals surface area contributed by atoms with Crippen LogP contribution in [0, 0.1) is 5.41 Å². The van der Waals surface area contributed by atoms with Crippen molar-refractivity contribution in [3.05, 3.63) is 59.7 Å². The van der Waals surface area contributed by atoms with Crippen LogP contribution >= 0.6 is 0 Å². The SMILES string of the molecule is CC(C)(C)CC(NC(=O)OCC1c2ccccc2-c2ccccc21)C(=O)NC1(C(=O)O)CCC1. The van der Waals surface area contributed by atoms with Gasteiger partial charge in [0.15, 0.2) is 0 Å². The molecular weight excluding hydrogens is 432 g/mol. The van der Waals surface area contributed by atoms with Crippen molar-refractivity contribution in [1.82, 2.24) is 10.6 Å². The van der Waals surface area contributed by atoms with E-state index in [9.17, 15) is 19.5 Å². The Kier molecular flexibility index (Phi) is 6.39. The molecule has 2 amide bonds. The Morgan fingerprint density at radius 3 is 2.06 bits per heavy atom. The first kappa shape index (κ1) is 23.8. The minimum Gasteiger partial charge on any atom is -0.480 e. The van der Waals surface area contributed by atoms with Crippen LogP contribution in [0.15, 0.2) is 48.5 Å². The molecule has 180 valence electrons. The molecule has 7 nitrogen and oxygen atoms in total. The number of ether oxygens (including phenoxy) is 1. The largest absolute Gasteiger partial charge is 0.480 e. The molecule has 1 unspecified atom stereocenters. The molecule has 2 aromatic rings. The molecule has 0 spiro atoms. The van der Waals surface area contributed by atoms with Crippen LogP contribution in [0.4, 0.5) is 4.79 Å². The quantitative estimate of drug-likeness (QED) is 0.561. The third-order valence-electron chi connectivity index (χ3n) is 6.75. The summed E-state index contributed by atoms with van der Waals surface area (Å²) < 4.78 is 5.61. The number of carbonyl (C=O) groups is 3. The second kappa shape index (κ2) is 9.12. The lowest BCUT2D eigenvalue weighted by Gasteiger charge is -2.39. The van der Waals surface area contributed by atoms with Crippen molar-refractivity contribution < 1.29 is 24.2 Å². The van der Waals surface area contributed by atoms with Crippen LogP contribution in [-0.2, 0) is 14.3 Å². The number of carboxylic acid groups (broad SMARTS) is 1. The van der Waals surface area contributed by atoms with Gasteiger partial charge in [0.1, 0.15) is 18.2 Å². The zero-order valence-electron chi connectivity index (χ0n) is 19.9. The van der Waals surface area contributed by atoms with E-state index < -0.39 is 29.6 Å². The molecule has 0 heterocycles. The van der Waals surface area contributed by atoms with E-state index in [1.54, 1.807) is 0 Å². The number of carboxylic acids is 1. The topological polar surface area (TPSA) is 105 Å². The number of aliphatic carboxylic acids is 1. The Labute approximate surface area is 199 Å². The van der Waals surface area contributed by atoms with Gasteiger partial charge in [0.05, 0.1) is 0 Å². The van der Waals surface area contributed by atoms with Gasteiger partial charge in [-0.3, -0.25) is 4.79 Å². The minimum absolute atomic E-state index is 0.0849. The maximum Gasteiger partial charge on any atom is 0.407 e. The highest BCUT2D eigenvalue weighted by Gasteiger charge is 2.47. The Balaban J connectivity index is 1.44. The Hall–Kier alpha value is -3.35. The first-order valence-corrected chi connectivity index (χ1v) is 11.8. The van der Waals surface area contributed by atoms with E-state index >= 15 is 0 Å². The predicted molar refractivity (Wildman–Crippen MR) is 128 cm³/mol. The van der Waals surface area contributed by atoms with Gasteiger partial charge in [-0.15, -0.1) is 0 Å². The van der Waals surface area contributed by atoms with Crippen LogP contribution in [0.25, 0.3) is 11.1 Å². The summed E-state index contributed by atoms with van der Waals surface area (Å²) >= 11 is 0. The number of hydrogen-bond donors (Lipinski definition) is 3. The lowest BCUT2D eigenvalue weighted by atomic mass is 9.76. The third-order valence-corrected chi connectivity index (χ3v) is 6.75. The van der Waals surface area contributed by atoms with E-state index in [1.807, 2.05) is 57.2 Å². The van der Waals surface area contributed by atoms with Crippen molar-refractivity contribution in [2.45, 2.75) is 64.0 Å². The fraction of sp³-hybridized carbons (Fsp3) is 0.444. The molecule has 7 heteroatoms. The summed E-state index contributed by atoms with van der Waals surface area (Å²) in [6, 6.07) is 15.3. The highest BCUT2D eigenvalue weighted by atomic mass is 16.5. The molecule has 0 radical (unpaired) electrons. The average Bonchev–Trinajstić information content (AvgIpc) is 3.07. The number of rotatable bonds is 7. The standard InChI is InChI=1S/C27H32N2O5/c1-26(2,3)15-22(23(30)29-27(24(31)32)13-8-14-27)28-25(33)34-16-21-19-11-6-4-9-17(19)18-10-5-7-12-20(18)21/h4-7,9-12,21-22H,8,13-16H2,1-3H3,(H,28,33)(H,29,30)(H,31,32). The molecule has 3 N–H and O–H groups in total. The molecule has 2 aliphatic rings. The van der Waals surface area contributed by atoms with Gasteiger partial charge >= 0.3 is 12.1 Å². The van der Waals surface area contributed by atoms with Gasteiger partial charge in [0, 0.05) is 5.92 Å². The van der Waals surface area contributed by atoms with E-state index in [-0.39, 0.29) is 17.9 Å². The molecule has 1 atom stereocenters. The second-order valence-electron chi connectivity index (χ2n) is 10.5. The van der Waals surface area contributed by atoms with Crippen molar-refractivity contribution in [2.75, 3.05) is 6.61 Å². The smallest absolute Gasteiger partial charge is 0.407 e. The molecule has 0 saturated heterocycles. The highest BCUT2D eigenvalue weighted by molar-refractivity contribution is 5.92. The number of alkyl carbamates (subject to hydrolysis) is 1. The first-order valence-electron chi connectivity index (χ1n) is 11.8. The van der Waals surface area contributed by atoms with Crippen LogP contribution in [0.5, 0.6) is 0 Å². The van der Waals surface area contributed by atoms with Crippen LogP contribution < -0.4 is 10.6 Å². The molecule has 34 heavy (non-hydrogen) atoms. The van der Waals surface area contributed by atoms with Gasteiger partial charge in [0.2, 0.25) is 5.91 Å². The highest BCUT2D eigenvalue weighted by Crippen LogP contribution is 2.44. The van der Waals surface area contributed by atoms with Crippen molar-refractivity contribution in [3.8, 4) is 11.1 Å². The van der Waals surface area contributed by atoms with E-state index in [1.165, 1.54) is 0 Å². The lowest BCUT2D eigenvalue weighted by Crippen LogP contribution is -2.63. The Bertz CT molecular complexity index is 1050. The molecule has 0 bridgehead atoms. The maximum atomic E-state index is 13.0. The fourth-order valence-electron chi connectivity index (χ4n) is 4.85. The first-order chi connectivity index (χ1) is 16.1. The maximum absolute atomic E-state index is 13.0. The third kappa shape index (κ3) is 4.79. The Morgan fingerprint density at radius 2 is 1.59 bits per heavy atom. The van der Waals surface area contributed by atoms with Crippen LogP contribution in [0.3, 0.4) is 0 Å². The molecular formula is C27H32N2O5. The number of benzene rings is 2. The van der Waals surface area contributed by atoms with E-state index in [0.29, 0.717) is 19.3 Å². The molecule has 0 aromatic heterocycles. The van der Waals surface area contributed by atoms with Crippen molar-refractivity contribution in [3.63, 3.8) is 0 Å². The average molecular weight is 465 g/mol. The predicted octanol–water partition coefficient (Wildman–Crippen LogP) is 4.45. The van der Waals surface area contributed by atoms with E-state index in [0.717, 1.165) is 28.7 Å². The number of fused-ring (bicyclic) bond motifs is 3. The molecule has 2 aromatic carbocycles. The van der Waals surface area contributed by atoms with Crippen molar-refractivity contribution in [1.29, 1.82) is 0 Å². The zero-order valence-corrected chi connectivity index (χ0v) is 19.9. The van der Waals surface area contributed by atoms with Gasteiger partial charge < -0.3 is 20.5 Å². The summed E-state index contributed by atoms with van der Waals surface area (Å²) in [4.78, 5) is 37.5. The monoisotopic (exact) mass is 464 g/mol. The number of nitrogens with one attached hydrogen (secondary N) is 2. The van der Waals surface area contributed by atoms with E-state index in [2.05, 4.69) is 22.8 Å². The number of carbonyl (C=O) groups excluding carboxylic acids is 2. The van der Waals surface area contributed by atoms with Crippen LogP contribution in [-0.4, -0.2) is 41.3 Å². The zero-order chi connectivity index (χ0) is 24.5. The minimum atomic E-state index is -1.24. The van der Waals surface area contributed by atoms with Crippen molar-refractivity contribution in [2.24, 2.45) is 5.41 Å². The molecule has 1 saturated carbocycles. The molecule has 2 aliphatic carbocycles. The van der Waals surface area contributed by atoms with Crippen molar-refractivity contribution >= 4 is 18.0 Å². The lowest BCUT2D eigenvalue weighted by molar-refractivity contribution is -0.152. The normalized spacial score (nSPS) is 17.0. The van der Waals surface area contributed by atoms with Gasteiger partial charge in [-0.25, -0.2) is 9.59 Å². The fourth-order valence-corrected chi connectivity index (χ4v) is 4.85. The number of hydrogen-bond acceptors (Lipinski definition) is 4. The summed E-state index contributed by atoms with van der Waals surface area (Å²) in [5, 5.41) is 14.9. The van der Waals surface area contributed by atoms with Crippen LogP contribution in [0.2, 0.25) is 0 Å². The van der Waals surface area contributed by atoms with Crippen LogP contribution in [0.1, 0.15) is 63.5 Å². The van der Waals surface area contributed by atoms with Gasteiger partial charge in [-0.05, 0) is 53.4 Å². The van der Waals surface area contributed by atoms with Gasteiger partial charge in [-0.1, -0.05) is 69.3 Å². The summed E-state index contributed by atoms with van der Waals surface area (Å²) in [7, 11) is 0. The van der Waals surface area contributed by atoms with Gasteiger partial charge in [0.25, 0.3) is 0 Å². The summed E-state index contributed by atoms with van der Waals surface area (Å²) in [5.41, 5.74) is 2.97. The summed E-state index contributed by atoms with van der Waals surface area (Å²) in [6.07, 6.45) is 1.18.